The number of nitro groups is 1. The first-order chi connectivity index (χ1) is 13.5. The van der Waals surface area contributed by atoms with Crippen molar-refractivity contribution < 1.29 is 14.5 Å². The molecule has 1 aromatic heterocycles. The van der Waals surface area contributed by atoms with Gasteiger partial charge in [0.05, 0.1) is 10.5 Å². The molecule has 2 heterocycles. The number of likely N-dealkylation sites (tertiary alicyclic amines) is 1. The number of rotatable bonds is 5. The van der Waals surface area contributed by atoms with E-state index in [1.54, 1.807) is 47.5 Å². The number of nitrogens with zero attached hydrogens (tertiary/aromatic N) is 3. The second-order valence-electron chi connectivity index (χ2n) is 6.45. The molecule has 1 fully saturated rings. The molecule has 1 aromatic carbocycles. The van der Waals surface area contributed by atoms with E-state index in [0.717, 1.165) is 0 Å². The van der Waals surface area contributed by atoms with E-state index in [2.05, 4.69) is 10.3 Å². The minimum atomic E-state index is -0.476. The van der Waals surface area contributed by atoms with Crippen LogP contribution < -0.4 is 5.32 Å². The van der Waals surface area contributed by atoms with E-state index in [4.69, 9.17) is 0 Å². The lowest BCUT2D eigenvalue weighted by atomic mass is 9.96. The van der Waals surface area contributed by atoms with E-state index in [1.165, 1.54) is 18.2 Å². The summed E-state index contributed by atoms with van der Waals surface area (Å²) in [7, 11) is 0. The predicted octanol–water partition coefficient (Wildman–Crippen LogP) is 2.88. The SMILES string of the molecule is O=C(Nc1ccccn1)C1CCN(C(=O)C=Cc2ccccc2[N+](=O)[O-])CC1. The fourth-order valence-electron chi connectivity index (χ4n) is 3.09. The van der Waals surface area contributed by atoms with Crippen LogP contribution in [0.1, 0.15) is 18.4 Å². The zero-order valence-corrected chi connectivity index (χ0v) is 15.2. The van der Waals surface area contributed by atoms with Crippen LogP contribution in [-0.4, -0.2) is 39.7 Å². The maximum Gasteiger partial charge on any atom is 0.276 e. The number of nitrogens with one attached hydrogen (secondary N) is 1. The molecule has 1 aliphatic heterocycles. The molecule has 0 radical (unpaired) electrons. The van der Waals surface area contributed by atoms with Crippen LogP contribution in [0.5, 0.6) is 0 Å². The van der Waals surface area contributed by atoms with Crippen molar-refractivity contribution in [1.29, 1.82) is 0 Å². The van der Waals surface area contributed by atoms with Crippen LogP contribution in [0.3, 0.4) is 0 Å². The molecule has 0 saturated carbocycles. The molecule has 144 valence electrons. The number of piperidine rings is 1. The summed E-state index contributed by atoms with van der Waals surface area (Å²) in [5.41, 5.74) is 0.335. The van der Waals surface area contributed by atoms with Crippen LogP contribution in [0.4, 0.5) is 11.5 Å². The first-order valence-corrected chi connectivity index (χ1v) is 8.97. The van der Waals surface area contributed by atoms with Crippen molar-refractivity contribution in [1.82, 2.24) is 9.88 Å². The molecular formula is C20H20N4O4. The Kier molecular flexibility index (Phi) is 6.11. The number of carbonyl (C=O) groups excluding carboxylic acids is 2. The molecule has 1 aliphatic rings. The molecule has 1 N–H and O–H groups in total. The molecule has 0 aliphatic carbocycles. The molecule has 2 aromatic rings. The molecule has 3 rings (SSSR count). The third-order valence-corrected chi connectivity index (χ3v) is 4.63. The fourth-order valence-corrected chi connectivity index (χ4v) is 3.09. The second kappa shape index (κ2) is 8.90. The Morgan fingerprint density at radius 1 is 1.14 bits per heavy atom. The number of hydrogen-bond acceptors (Lipinski definition) is 5. The van der Waals surface area contributed by atoms with Gasteiger partial charge < -0.3 is 10.2 Å². The Labute approximate surface area is 162 Å². The molecule has 8 nitrogen and oxygen atoms in total. The summed E-state index contributed by atoms with van der Waals surface area (Å²) in [5.74, 6) is 0.0200. The molecule has 28 heavy (non-hydrogen) atoms. The molecule has 0 unspecified atom stereocenters. The third kappa shape index (κ3) is 4.79. The first-order valence-electron chi connectivity index (χ1n) is 8.97. The van der Waals surface area contributed by atoms with Crippen LogP contribution in [0.25, 0.3) is 6.08 Å². The number of nitro benzene ring substituents is 1. The van der Waals surface area contributed by atoms with Gasteiger partial charge in [-0.05, 0) is 37.1 Å². The van der Waals surface area contributed by atoms with Crippen LogP contribution in [-0.2, 0) is 9.59 Å². The number of benzene rings is 1. The normalized spacial score (nSPS) is 14.8. The van der Waals surface area contributed by atoms with Crippen molar-refractivity contribution in [2.75, 3.05) is 18.4 Å². The number of carbonyl (C=O) groups is 2. The highest BCUT2D eigenvalue weighted by Crippen LogP contribution is 2.21. The van der Waals surface area contributed by atoms with Crippen molar-refractivity contribution in [3.05, 3.63) is 70.4 Å². The van der Waals surface area contributed by atoms with Crippen molar-refractivity contribution in [3.8, 4) is 0 Å². The van der Waals surface area contributed by atoms with Crippen molar-refractivity contribution in [2.45, 2.75) is 12.8 Å². The summed E-state index contributed by atoms with van der Waals surface area (Å²) >= 11 is 0. The van der Waals surface area contributed by atoms with E-state index in [9.17, 15) is 19.7 Å². The fraction of sp³-hybridized carbons (Fsp3) is 0.250. The van der Waals surface area contributed by atoms with Crippen LogP contribution >= 0.6 is 0 Å². The van der Waals surface area contributed by atoms with E-state index in [0.29, 0.717) is 37.3 Å². The van der Waals surface area contributed by atoms with Crippen molar-refractivity contribution in [2.24, 2.45) is 5.92 Å². The Balaban J connectivity index is 1.54. The Hall–Kier alpha value is -3.55. The van der Waals surface area contributed by atoms with Gasteiger partial charge in [-0.1, -0.05) is 18.2 Å². The number of para-hydroxylation sites is 1. The first kappa shape index (κ1) is 19.2. The summed E-state index contributed by atoms with van der Waals surface area (Å²) in [6.45, 7) is 0.917. The van der Waals surface area contributed by atoms with Crippen LogP contribution in [0, 0.1) is 16.0 Å². The molecule has 0 atom stereocenters. The van der Waals surface area contributed by atoms with Gasteiger partial charge in [0, 0.05) is 37.3 Å². The summed E-state index contributed by atoms with van der Waals surface area (Å²) < 4.78 is 0. The maximum absolute atomic E-state index is 12.4. The highest BCUT2D eigenvalue weighted by atomic mass is 16.6. The van der Waals surface area contributed by atoms with E-state index >= 15 is 0 Å². The summed E-state index contributed by atoms with van der Waals surface area (Å²) in [4.78, 5) is 41.0. The van der Waals surface area contributed by atoms with Gasteiger partial charge in [0.15, 0.2) is 0 Å². The van der Waals surface area contributed by atoms with E-state index in [1.807, 2.05) is 0 Å². The molecular weight excluding hydrogens is 360 g/mol. The van der Waals surface area contributed by atoms with Crippen molar-refractivity contribution >= 4 is 29.4 Å². The molecule has 0 spiro atoms. The van der Waals surface area contributed by atoms with Crippen LogP contribution in [0.15, 0.2) is 54.7 Å². The lowest BCUT2D eigenvalue weighted by molar-refractivity contribution is -0.385. The van der Waals surface area contributed by atoms with E-state index in [-0.39, 0.29) is 23.4 Å². The Bertz CT molecular complexity index is 890. The summed E-state index contributed by atoms with van der Waals surface area (Å²) in [6, 6.07) is 11.6. The number of pyridine rings is 1. The highest BCUT2D eigenvalue weighted by Gasteiger charge is 2.26. The summed E-state index contributed by atoms with van der Waals surface area (Å²) in [5, 5.41) is 13.8. The number of anilines is 1. The number of hydrogen-bond donors (Lipinski definition) is 1. The predicted molar refractivity (Wildman–Crippen MR) is 104 cm³/mol. The van der Waals surface area contributed by atoms with Gasteiger partial charge in [-0.15, -0.1) is 0 Å². The van der Waals surface area contributed by atoms with Gasteiger partial charge >= 0.3 is 0 Å². The number of aromatic nitrogens is 1. The lowest BCUT2D eigenvalue weighted by Crippen LogP contribution is -2.40. The molecule has 2 amide bonds. The summed E-state index contributed by atoms with van der Waals surface area (Å²) in [6.07, 6.45) is 5.53. The van der Waals surface area contributed by atoms with Gasteiger partial charge in [0.2, 0.25) is 11.8 Å². The van der Waals surface area contributed by atoms with Gasteiger partial charge in [-0.3, -0.25) is 19.7 Å². The molecule has 1 saturated heterocycles. The highest BCUT2D eigenvalue weighted by molar-refractivity contribution is 5.94. The lowest BCUT2D eigenvalue weighted by Gasteiger charge is -2.30. The van der Waals surface area contributed by atoms with Crippen LogP contribution in [0.2, 0.25) is 0 Å². The van der Waals surface area contributed by atoms with Gasteiger partial charge in [0.25, 0.3) is 5.69 Å². The zero-order valence-electron chi connectivity index (χ0n) is 15.2. The monoisotopic (exact) mass is 380 g/mol. The molecule has 8 heteroatoms. The largest absolute Gasteiger partial charge is 0.339 e. The topological polar surface area (TPSA) is 105 Å². The second-order valence-corrected chi connectivity index (χ2v) is 6.45. The van der Waals surface area contributed by atoms with Gasteiger partial charge in [-0.2, -0.15) is 0 Å². The minimum Gasteiger partial charge on any atom is -0.339 e. The third-order valence-electron chi connectivity index (χ3n) is 4.63. The van der Waals surface area contributed by atoms with Gasteiger partial charge in [-0.25, -0.2) is 4.98 Å². The standard InChI is InChI=1S/C20H20N4O4/c25-19(9-8-15-5-1-2-6-17(15)24(27)28)23-13-10-16(11-14-23)20(26)22-18-7-3-4-12-21-18/h1-9,12,16H,10-11,13-14H2,(H,21,22,26). The smallest absolute Gasteiger partial charge is 0.276 e. The Morgan fingerprint density at radius 3 is 2.54 bits per heavy atom. The average Bonchev–Trinajstić information content (AvgIpc) is 2.73. The average molecular weight is 380 g/mol. The minimum absolute atomic E-state index is 0.0450. The number of amides is 2. The molecule has 0 bridgehead atoms. The maximum atomic E-state index is 12.4. The van der Waals surface area contributed by atoms with Gasteiger partial charge in [0.1, 0.15) is 5.82 Å². The van der Waals surface area contributed by atoms with Crippen molar-refractivity contribution in [3.63, 3.8) is 0 Å². The zero-order chi connectivity index (χ0) is 19.9. The Morgan fingerprint density at radius 2 is 1.86 bits per heavy atom. The van der Waals surface area contributed by atoms with E-state index < -0.39 is 4.92 Å². The quantitative estimate of drug-likeness (QED) is 0.488.